The van der Waals surface area contributed by atoms with Gasteiger partial charge in [0.15, 0.2) is 0 Å². The van der Waals surface area contributed by atoms with Crippen LogP contribution in [0.3, 0.4) is 0 Å². The van der Waals surface area contributed by atoms with Gasteiger partial charge in [-0.1, -0.05) is 36.4 Å². The van der Waals surface area contributed by atoms with Crippen molar-refractivity contribution in [1.82, 2.24) is 15.5 Å². The highest BCUT2D eigenvalue weighted by atomic mass is 32.2. The van der Waals surface area contributed by atoms with Crippen LogP contribution < -0.4 is 15.4 Å². The molecule has 2 aliphatic heterocycles. The fraction of sp³-hybridized carbons (Fsp3) is 0.355. The lowest BCUT2D eigenvalue weighted by atomic mass is 10.0. The van der Waals surface area contributed by atoms with Crippen LogP contribution in [0.1, 0.15) is 44.9 Å². The van der Waals surface area contributed by atoms with E-state index in [2.05, 4.69) is 10.6 Å². The molecule has 3 amide bonds. The molecule has 0 bridgehead atoms. The number of nitrogens with one attached hydrogen (secondary N) is 2. The van der Waals surface area contributed by atoms with Crippen molar-refractivity contribution in [2.75, 3.05) is 12.9 Å². The molecule has 1 fully saturated rings. The molecule has 2 aliphatic rings. The number of alkyl carbamates (subject to hydrolysis) is 1. The molecule has 0 spiro atoms. The summed E-state index contributed by atoms with van der Waals surface area (Å²) in [7, 11) is 1.56. The minimum atomic E-state index is -1.21. The van der Waals surface area contributed by atoms with E-state index >= 15 is 0 Å². The number of carbonyl (C=O) groups excluding carboxylic acids is 4. The molecule has 4 rings (SSSR count). The highest BCUT2D eigenvalue weighted by Gasteiger charge is 2.54. The van der Waals surface area contributed by atoms with E-state index in [9.17, 15) is 24.3 Å². The first-order valence-electron chi connectivity index (χ1n) is 13.6. The largest absolute Gasteiger partial charge is 0.508 e. The summed E-state index contributed by atoms with van der Waals surface area (Å²) in [6, 6.07) is 10.7. The summed E-state index contributed by atoms with van der Waals surface area (Å²) >= 11 is 1.40. The van der Waals surface area contributed by atoms with Gasteiger partial charge in [0.05, 0.1) is 7.11 Å². The molecule has 12 heteroatoms. The van der Waals surface area contributed by atoms with Crippen molar-refractivity contribution in [3.05, 3.63) is 83.1 Å². The third kappa shape index (κ3) is 7.50. The second kappa shape index (κ2) is 13.2. The van der Waals surface area contributed by atoms with Gasteiger partial charge in [0.25, 0.3) is 5.91 Å². The van der Waals surface area contributed by atoms with Gasteiger partial charge in [-0.25, -0.2) is 9.59 Å². The van der Waals surface area contributed by atoms with Crippen molar-refractivity contribution in [3.63, 3.8) is 0 Å². The molecule has 228 valence electrons. The quantitative estimate of drug-likeness (QED) is 0.285. The van der Waals surface area contributed by atoms with Crippen molar-refractivity contribution < 1.29 is 38.5 Å². The third-order valence-electron chi connectivity index (χ3n) is 6.54. The first-order valence-corrected chi connectivity index (χ1v) is 14.7. The molecule has 0 unspecified atom stereocenters. The predicted octanol–water partition coefficient (Wildman–Crippen LogP) is 3.94. The van der Waals surface area contributed by atoms with Crippen molar-refractivity contribution in [2.45, 2.75) is 57.4 Å². The second-order valence-electron chi connectivity index (χ2n) is 10.9. The normalized spacial score (nSPS) is 18.8. The lowest BCUT2D eigenvalue weighted by Crippen LogP contribution is -2.71. The summed E-state index contributed by atoms with van der Waals surface area (Å²) in [5.41, 5.74) is 1.09. The average Bonchev–Trinajstić information content (AvgIpc) is 2.97. The Kier molecular flexibility index (Phi) is 9.70. The first kappa shape index (κ1) is 31.5. The van der Waals surface area contributed by atoms with Crippen molar-refractivity contribution >= 4 is 35.6 Å². The monoisotopic (exact) mass is 609 g/mol. The lowest BCUT2D eigenvalue weighted by Gasteiger charge is -2.49. The van der Waals surface area contributed by atoms with Gasteiger partial charge in [-0.15, -0.1) is 11.8 Å². The van der Waals surface area contributed by atoms with Crippen LogP contribution in [0.5, 0.6) is 11.5 Å². The summed E-state index contributed by atoms with van der Waals surface area (Å²) in [6.45, 7) is 6.89. The van der Waals surface area contributed by atoms with Crippen molar-refractivity contribution in [2.24, 2.45) is 0 Å². The Morgan fingerprint density at radius 3 is 2.40 bits per heavy atom. The van der Waals surface area contributed by atoms with E-state index in [1.807, 2.05) is 6.92 Å². The number of hydrogen-bond acceptors (Lipinski definition) is 9. The number of rotatable bonds is 9. The molecule has 11 nitrogen and oxygen atoms in total. The number of benzene rings is 2. The Balaban J connectivity index is 1.50. The van der Waals surface area contributed by atoms with Crippen LogP contribution in [0.15, 0.2) is 72.0 Å². The Morgan fingerprint density at radius 1 is 1.12 bits per heavy atom. The van der Waals surface area contributed by atoms with E-state index in [1.165, 1.54) is 40.9 Å². The number of phenols is 1. The fourth-order valence-corrected chi connectivity index (χ4v) is 5.85. The number of aromatic hydroxyl groups is 1. The second-order valence-corrected chi connectivity index (χ2v) is 12.0. The number of phenolic OH excluding ortho intramolecular Hbond substituents is 1. The summed E-state index contributed by atoms with van der Waals surface area (Å²) < 4.78 is 16.1. The van der Waals surface area contributed by atoms with Gasteiger partial charge >= 0.3 is 12.1 Å². The predicted molar refractivity (Wildman–Crippen MR) is 160 cm³/mol. The topological polar surface area (TPSA) is 144 Å². The number of fused-ring (bicyclic) bond motifs is 1. The molecule has 0 radical (unpaired) electrons. The van der Waals surface area contributed by atoms with Crippen molar-refractivity contribution in [1.29, 1.82) is 0 Å². The number of β-lactam (4-membered cyclic amide) rings is 1. The molecule has 43 heavy (non-hydrogen) atoms. The Hall–Kier alpha value is -4.45. The average molecular weight is 610 g/mol. The highest BCUT2D eigenvalue weighted by Crippen LogP contribution is 2.41. The molecule has 2 aromatic rings. The highest BCUT2D eigenvalue weighted by molar-refractivity contribution is 8.00. The van der Waals surface area contributed by atoms with E-state index in [-0.39, 0.29) is 18.1 Å². The maximum absolute atomic E-state index is 13.5. The van der Waals surface area contributed by atoms with Gasteiger partial charge in [-0.2, -0.15) is 0 Å². The minimum absolute atomic E-state index is 0.0000953. The van der Waals surface area contributed by atoms with Crippen LogP contribution in [-0.4, -0.2) is 63.8 Å². The number of amides is 3. The lowest BCUT2D eigenvalue weighted by molar-refractivity contribution is -0.153. The van der Waals surface area contributed by atoms with E-state index in [4.69, 9.17) is 14.2 Å². The van der Waals surface area contributed by atoms with Crippen LogP contribution in [0.25, 0.3) is 0 Å². The van der Waals surface area contributed by atoms with Crippen LogP contribution in [0, 0.1) is 0 Å². The molecule has 0 aliphatic carbocycles. The number of carbonyl (C=O) groups is 4. The third-order valence-corrected chi connectivity index (χ3v) is 7.84. The maximum Gasteiger partial charge on any atom is 0.408 e. The van der Waals surface area contributed by atoms with E-state index in [0.29, 0.717) is 22.6 Å². The number of methoxy groups -OCH3 is 1. The van der Waals surface area contributed by atoms with Crippen molar-refractivity contribution in [3.8, 4) is 11.5 Å². The van der Waals surface area contributed by atoms with Gasteiger partial charge < -0.3 is 30.0 Å². The van der Waals surface area contributed by atoms with Crippen LogP contribution >= 0.6 is 11.8 Å². The maximum atomic E-state index is 13.5. The van der Waals surface area contributed by atoms with Gasteiger partial charge in [0.2, 0.25) is 5.91 Å². The zero-order valence-corrected chi connectivity index (χ0v) is 25.4. The smallest absolute Gasteiger partial charge is 0.408 e. The first-order chi connectivity index (χ1) is 20.4. The SMILES string of the molecule is C/C=C/C1=C(C(=O)OCc2ccc(OC)cc2)N2C(=O)[C@@H](NC(=O)[C@H](NC(=O)OC(C)(C)C)c3ccc(O)cc3)[C@H]2SC1. The Labute approximate surface area is 254 Å². The Bertz CT molecular complexity index is 1430. The summed E-state index contributed by atoms with van der Waals surface area (Å²) in [6.07, 6.45) is 2.72. The summed E-state index contributed by atoms with van der Waals surface area (Å²) in [5.74, 6) is -0.712. The standard InChI is InChI=1S/C31H35N3O8S/c1-6-7-20-17-43-28-24(27(37)34(28)25(20)29(38)41-16-18-8-14-22(40-5)15-9-18)32-26(36)23(19-10-12-21(35)13-11-19)33-30(39)42-31(2,3)4/h6-15,23-24,28,35H,16-17H2,1-5H3,(H,32,36)(H,33,39)/b7-6+/t23-,24-,28-/m1/s1. The van der Waals surface area contributed by atoms with E-state index < -0.39 is 46.9 Å². The number of esters is 1. The number of thioether (sulfide) groups is 1. The number of allylic oxidation sites excluding steroid dienone is 2. The van der Waals surface area contributed by atoms with Crippen LogP contribution in [0.2, 0.25) is 0 Å². The molecule has 0 saturated carbocycles. The number of hydrogen-bond donors (Lipinski definition) is 3. The summed E-state index contributed by atoms with van der Waals surface area (Å²) in [4.78, 5) is 54.1. The fourth-order valence-electron chi connectivity index (χ4n) is 4.53. The van der Waals surface area contributed by atoms with Crippen LogP contribution in [-0.2, 0) is 30.5 Å². The Morgan fingerprint density at radius 2 is 1.79 bits per heavy atom. The molecular formula is C31H35N3O8S. The number of nitrogens with zero attached hydrogens (tertiary/aromatic N) is 1. The molecule has 1 saturated heterocycles. The molecule has 2 heterocycles. The van der Waals surface area contributed by atoms with E-state index in [0.717, 1.165) is 5.56 Å². The van der Waals surface area contributed by atoms with Gasteiger partial charge in [0.1, 0.15) is 46.9 Å². The molecule has 3 N–H and O–H groups in total. The number of ether oxygens (including phenoxy) is 3. The van der Waals surface area contributed by atoms with E-state index in [1.54, 1.807) is 64.3 Å². The van der Waals surface area contributed by atoms with Crippen LogP contribution in [0.4, 0.5) is 4.79 Å². The molecule has 2 aromatic carbocycles. The summed E-state index contributed by atoms with van der Waals surface area (Å²) in [5, 5.41) is 14.4. The molecule has 0 aromatic heterocycles. The van der Waals surface area contributed by atoms with Gasteiger partial charge in [-0.05, 0) is 68.7 Å². The van der Waals surface area contributed by atoms with Gasteiger partial charge in [0, 0.05) is 5.75 Å². The zero-order chi connectivity index (χ0) is 31.3. The molecule has 3 atom stereocenters. The molecular weight excluding hydrogens is 574 g/mol. The minimum Gasteiger partial charge on any atom is -0.508 e. The zero-order valence-electron chi connectivity index (χ0n) is 24.6. The van der Waals surface area contributed by atoms with Gasteiger partial charge in [-0.3, -0.25) is 14.5 Å².